The molecule has 0 radical (unpaired) electrons. The average Bonchev–Trinajstić information content (AvgIpc) is 2.64. The number of ether oxygens (including phenoxy) is 1. The molecule has 1 aromatic carbocycles. The maximum atomic E-state index is 12.2. The number of benzene rings is 1. The van der Waals surface area contributed by atoms with Crippen LogP contribution >= 0.6 is 11.6 Å². The molecule has 26 heavy (non-hydrogen) atoms. The van der Waals surface area contributed by atoms with Crippen molar-refractivity contribution >= 4 is 23.2 Å². The summed E-state index contributed by atoms with van der Waals surface area (Å²) in [5.74, 6) is 0.480. The fraction of sp³-hybridized carbons (Fsp3) is 0.368. The summed E-state index contributed by atoms with van der Waals surface area (Å²) in [6, 6.07) is 5.22. The van der Waals surface area contributed by atoms with E-state index in [0.717, 1.165) is 31.4 Å². The normalized spacial score (nSPS) is 19.4. The van der Waals surface area contributed by atoms with Gasteiger partial charge in [-0.2, -0.15) is 0 Å². The van der Waals surface area contributed by atoms with Crippen LogP contribution in [0.15, 0.2) is 30.6 Å². The zero-order chi connectivity index (χ0) is 18.5. The van der Waals surface area contributed by atoms with Crippen molar-refractivity contribution in [2.45, 2.75) is 44.8 Å². The fourth-order valence-electron chi connectivity index (χ4n) is 2.94. The molecule has 1 aliphatic rings. The van der Waals surface area contributed by atoms with Crippen LogP contribution in [0, 0.1) is 13.5 Å². The maximum Gasteiger partial charge on any atom is 0.271 e. The van der Waals surface area contributed by atoms with E-state index in [1.165, 1.54) is 6.20 Å². The van der Waals surface area contributed by atoms with E-state index in [1.807, 2.05) is 6.92 Å². The highest BCUT2D eigenvalue weighted by atomic mass is 35.5. The van der Waals surface area contributed by atoms with Crippen LogP contribution in [0.3, 0.4) is 0 Å². The van der Waals surface area contributed by atoms with Gasteiger partial charge in [0.2, 0.25) is 5.69 Å². The van der Waals surface area contributed by atoms with Crippen molar-refractivity contribution in [2.75, 3.05) is 0 Å². The topological polar surface area (TPSA) is 68.5 Å². The number of hydrogen-bond acceptors (Lipinski definition) is 4. The lowest BCUT2D eigenvalue weighted by Crippen LogP contribution is -2.40. The van der Waals surface area contributed by atoms with Gasteiger partial charge in [-0.15, -0.1) is 0 Å². The first-order chi connectivity index (χ1) is 12.5. The number of aromatic nitrogens is 2. The summed E-state index contributed by atoms with van der Waals surface area (Å²) in [6.45, 7) is 8.85. The van der Waals surface area contributed by atoms with Crippen LogP contribution in [0.5, 0.6) is 5.75 Å². The molecule has 1 fully saturated rings. The van der Waals surface area contributed by atoms with Gasteiger partial charge in [0.25, 0.3) is 5.91 Å². The molecule has 1 aromatic heterocycles. The minimum atomic E-state index is -0.191. The Hall–Kier alpha value is -2.65. The highest BCUT2D eigenvalue weighted by molar-refractivity contribution is 6.33. The highest BCUT2D eigenvalue weighted by Crippen LogP contribution is 2.31. The standard InChI is InChI=1S/C19H19ClN4O2/c1-12-10-23-18(11-22-12)19(25)24-13-3-5-14(6-4-13)26-15-7-8-17(21-2)16(20)9-15/h7-11,13-14H,3-6H2,1H3,(H,24,25). The number of amides is 1. The molecular weight excluding hydrogens is 352 g/mol. The molecule has 0 saturated heterocycles. The third kappa shape index (κ3) is 4.50. The van der Waals surface area contributed by atoms with Gasteiger partial charge in [0.15, 0.2) is 0 Å². The Kier molecular flexibility index (Phi) is 5.69. The van der Waals surface area contributed by atoms with Crippen molar-refractivity contribution in [1.82, 2.24) is 15.3 Å². The van der Waals surface area contributed by atoms with Crippen molar-refractivity contribution in [3.05, 3.63) is 58.4 Å². The van der Waals surface area contributed by atoms with E-state index in [1.54, 1.807) is 24.4 Å². The van der Waals surface area contributed by atoms with Crippen molar-refractivity contribution in [2.24, 2.45) is 0 Å². The summed E-state index contributed by atoms with van der Waals surface area (Å²) in [5, 5.41) is 3.41. The first-order valence-corrected chi connectivity index (χ1v) is 8.86. The zero-order valence-corrected chi connectivity index (χ0v) is 15.2. The Morgan fingerprint density at radius 3 is 2.65 bits per heavy atom. The van der Waals surface area contributed by atoms with Gasteiger partial charge in [0.05, 0.1) is 29.6 Å². The van der Waals surface area contributed by atoms with Gasteiger partial charge in [0.1, 0.15) is 11.4 Å². The smallest absolute Gasteiger partial charge is 0.271 e. The van der Waals surface area contributed by atoms with Crippen LogP contribution in [0.4, 0.5) is 5.69 Å². The molecule has 0 bridgehead atoms. The number of hydrogen-bond donors (Lipinski definition) is 1. The predicted molar refractivity (Wildman–Crippen MR) is 98.6 cm³/mol. The molecule has 1 saturated carbocycles. The number of nitrogens with zero attached hydrogens (tertiary/aromatic N) is 3. The molecular formula is C19H19ClN4O2. The minimum Gasteiger partial charge on any atom is -0.490 e. The van der Waals surface area contributed by atoms with Crippen LogP contribution in [0.1, 0.15) is 41.9 Å². The number of halogens is 1. The largest absolute Gasteiger partial charge is 0.490 e. The van der Waals surface area contributed by atoms with Gasteiger partial charge in [-0.1, -0.05) is 17.7 Å². The number of carbonyl (C=O) groups is 1. The second kappa shape index (κ2) is 8.15. The van der Waals surface area contributed by atoms with Crippen LogP contribution in [-0.2, 0) is 0 Å². The van der Waals surface area contributed by atoms with Crippen LogP contribution in [-0.4, -0.2) is 28.0 Å². The number of rotatable bonds is 4. The molecule has 1 N–H and O–H groups in total. The lowest BCUT2D eigenvalue weighted by Gasteiger charge is -2.29. The molecule has 0 spiro atoms. The van der Waals surface area contributed by atoms with E-state index >= 15 is 0 Å². The van der Waals surface area contributed by atoms with Gasteiger partial charge in [-0.25, -0.2) is 9.83 Å². The van der Waals surface area contributed by atoms with Crippen molar-refractivity contribution in [3.8, 4) is 5.75 Å². The Morgan fingerprint density at radius 1 is 1.27 bits per heavy atom. The summed E-state index contributed by atoms with van der Waals surface area (Å²) < 4.78 is 5.96. The first kappa shape index (κ1) is 18.2. The summed E-state index contributed by atoms with van der Waals surface area (Å²) in [4.78, 5) is 23.8. The number of carbonyl (C=O) groups excluding carboxylic acids is 1. The lowest BCUT2D eigenvalue weighted by molar-refractivity contribution is 0.0888. The fourth-order valence-corrected chi connectivity index (χ4v) is 3.15. The molecule has 0 unspecified atom stereocenters. The molecule has 134 valence electrons. The SMILES string of the molecule is [C-]#[N+]c1ccc(OC2CCC(NC(=O)c3cnc(C)cn3)CC2)cc1Cl. The van der Waals surface area contributed by atoms with E-state index in [4.69, 9.17) is 22.9 Å². The van der Waals surface area contributed by atoms with Gasteiger partial charge in [-0.3, -0.25) is 9.78 Å². The van der Waals surface area contributed by atoms with Crippen LogP contribution in [0.2, 0.25) is 5.02 Å². The number of aryl methyl sites for hydroxylation is 1. The van der Waals surface area contributed by atoms with Crippen LogP contribution in [0.25, 0.3) is 4.85 Å². The molecule has 1 amide bonds. The van der Waals surface area contributed by atoms with E-state index in [2.05, 4.69) is 20.1 Å². The van der Waals surface area contributed by atoms with E-state index < -0.39 is 0 Å². The summed E-state index contributed by atoms with van der Waals surface area (Å²) in [6.07, 6.45) is 6.52. The van der Waals surface area contributed by atoms with Crippen molar-refractivity contribution < 1.29 is 9.53 Å². The molecule has 2 aromatic rings. The van der Waals surface area contributed by atoms with E-state index in [-0.39, 0.29) is 18.1 Å². The third-order valence-corrected chi connectivity index (χ3v) is 4.67. The van der Waals surface area contributed by atoms with E-state index in [0.29, 0.717) is 22.2 Å². The van der Waals surface area contributed by atoms with Crippen LogP contribution < -0.4 is 10.1 Å². The molecule has 3 rings (SSSR count). The van der Waals surface area contributed by atoms with Gasteiger partial charge < -0.3 is 10.1 Å². The maximum absolute atomic E-state index is 12.2. The summed E-state index contributed by atoms with van der Waals surface area (Å²) in [5.41, 5.74) is 1.54. The lowest BCUT2D eigenvalue weighted by atomic mass is 9.93. The molecule has 1 heterocycles. The molecule has 1 aliphatic carbocycles. The van der Waals surface area contributed by atoms with Crippen molar-refractivity contribution in [3.63, 3.8) is 0 Å². The predicted octanol–water partition coefficient (Wildman–Crippen LogP) is 4.11. The molecule has 0 atom stereocenters. The Morgan fingerprint density at radius 2 is 2.04 bits per heavy atom. The summed E-state index contributed by atoms with van der Waals surface area (Å²) in [7, 11) is 0. The second-order valence-electron chi connectivity index (χ2n) is 6.33. The highest BCUT2D eigenvalue weighted by Gasteiger charge is 2.24. The summed E-state index contributed by atoms with van der Waals surface area (Å²) >= 11 is 6.04. The average molecular weight is 371 g/mol. The zero-order valence-electron chi connectivity index (χ0n) is 14.4. The second-order valence-corrected chi connectivity index (χ2v) is 6.74. The Labute approximate surface area is 157 Å². The third-order valence-electron chi connectivity index (χ3n) is 4.37. The van der Waals surface area contributed by atoms with Crippen molar-refractivity contribution in [1.29, 1.82) is 0 Å². The molecule has 6 nitrogen and oxygen atoms in total. The van der Waals surface area contributed by atoms with Gasteiger partial charge in [-0.05, 0) is 44.7 Å². The molecule has 7 heteroatoms. The Bertz CT molecular complexity index is 824. The minimum absolute atomic E-state index is 0.0807. The Balaban J connectivity index is 1.49. The molecule has 0 aliphatic heterocycles. The number of nitrogens with one attached hydrogen (secondary N) is 1. The van der Waals surface area contributed by atoms with Gasteiger partial charge >= 0.3 is 0 Å². The quantitative estimate of drug-likeness (QED) is 0.822. The van der Waals surface area contributed by atoms with Gasteiger partial charge in [0, 0.05) is 12.2 Å². The van der Waals surface area contributed by atoms with E-state index in [9.17, 15) is 4.79 Å². The first-order valence-electron chi connectivity index (χ1n) is 8.48. The monoisotopic (exact) mass is 370 g/mol.